The van der Waals surface area contributed by atoms with Gasteiger partial charge in [-0.1, -0.05) is 17.7 Å². The predicted molar refractivity (Wildman–Crippen MR) is 95.6 cm³/mol. The van der Waals surface area contributed by atoms with Gasteiger partial charge in [-0.2, -0.15) is 0 Å². The Hall–Kier alpha value is -3.47. The standard InChI is InChI=1S/C20H17NO4/c1-13-2-6-16(7-3-13)24-18-10-14(20(22)23)11-19(12-18)25-17-8-4-15(21)5-9-17/h2-12H,21H2,1H3,(H,22,23). The van der Waals surface area contributed by atoms with E-state index < -0.39 is 5.97 Å². The van der Waals surface area contributed by atoms with Crippen LogP contribution < -0.4 is 15.2 Å². The number of anilines is 1. The summed E-state index contributed by atoms with van der Waals surface area (Å²) in [5.74, 6) is 0.863. The Balaban J connectivity index is 1.89. The monoisotopic (exact) mass is 335 g/mol. The van der Waals surface area contributed by atoms with E-state index in [-0.39, 0.29) is 5.56 Å². The minimum Gasteiger partial charge on any atom is -0.478 e. The Morgan fingerprint density at radius 1 is 0.800 bits per heavy atom. The van der Waals surface area contributed by atoms with Crippen molar-refractivity contribution in [1.29, 1.82) is 0 Å². The molecular weight excluding hydrogens is 318 g/mol. The molecule has 0 aliphatic rings. The fraction of sp³-hybridized carbons (Fsp3) is 0.0500. The molecule has 5 heteroatoms. The number of nitrogen functional groups attached to an aromatic ring is 1. The van der Waals surface area contributed by atoms with E-state index in [0.717, 1.165) is 5.56 Å². The van der Waals surface area contributed by atoms with Gasteiger partial charge in [0.05, 0.1) is 5.56 Å². The molecule has 0 radical (unpaired) electrons. The summed E-state index contributed by atoms with van der Waals surface area (Å²) < 4.78 is 11.5. The molecule has 0 aromatic heterocycles. The van der Waals surface area contributed by atoms with Crippen LogP contribution in [0, 0.1) is 6.92 Å². The highest BCUT2D eigenvalue weighted by atomic mass is 16.5. The highest BCUT2D eigenvalue weighted by Gasteiger charge is 2.10. The third kappa shape index (κ3) is 4.29. The van der Waals surface area contributed by atoms with Crippen molar-refractivity contribution in [1.82, 2.24) is 0 Å². The second-order valence-electron chi connectivity index (χ2n) is 5.58. The van der Waals surface area contributed by atoms with Crippen molar-refractivity contribution in [3.8, 4) is 23.0 Å². The predicted octanol–water partition coefficient (Wildman–Crippen LogP) is 4.86. The zero-order valence-electron chi connectivity index (χ0n) is 13.6. The number of carboxylic acid groups (broad SMARTS) is 1. The van der Waals surface area contributed by atoms with E-state index in [1.165, 1.54) is 12.1 Å². The first-order valence-electron chi connectivity index (χ1n) is 7.66. The van der Waals surface area contributed by atoms with Gasteiger partial charge in [0.15, 0.2) is 0 Å². The topological polar surface area (TPSA) is 81.8 Å². The normalized spacial score (nSPS) is 10.3. The van der Waals surface area contributed by atoms with Gasteiger partial charge in [-0.15, -0.1) is 0 Å². The van der Waals surface area contributed by atoms with E-state index in [2.05, 4.69) is 0 Å². The molecule has 0 aliphatic carbocycles. The smallest absolute Gasteiger partial charge is 0.335 e. The Kier molecular flexibility index (Phi) is 4.57. The minimum atomic E-state index is -1.06. The van der Waals surface area contributed by atoms with Crippen LogP contribution in [0.2, 0.25) is 0 Å². The maximum absolute atomic E-state index is 11.4. The number of aromatic carboxylic acids is 1. The second-order valence-corrected chi connectivity index (χ2v) is 5.58. The van der Waals surface area contributed by atoms with Crippen LogP contribution in [0.5, 0.6) is 23.0 Å². The number of hydrogen-bond acceptors (Lipinski definition) is 4. The first kappa shape index (κ1) is 16.4. The molecule has 3 N–H and O–H groups in total. The summed E-state index contributed by atoms with van der Waals surface area (Å²) in [6, 6.07) is 18.9. The molecule has 0 atom stereocenters. The van der Waals surface area contributed by atoms with E-state index in [1.54, 1.807) is 30.3 Å². The summed E-state index contributed by atoms with van der Waals surface area (Å²) >= 11 is 0. The maximum Gasteiger partial charge on any atom is 0.335 e. The maximum atomic E-state index is 11.4. The van der Waals surface area contributed by atoms with Crippen molar-refractivity contribution in [2.45, 2.75) is 6.92 Å². The van der Waals surface area contributed by atoms with E-state index in [0.29, 0.717) is 28.7 Å². The van der Waals surface area contributed by atoms with Crippen LogP contribution in [0.1, 0.15) is 15.9 Å². The Labute approximate surface area is 145 Å². The van der Waals surface area contributed by atoms with Crippen LogP contribution in [0.3, 0.4) is 0 Å². The van der Waals surface area contributed by atoms with Gasteiger partial charge in [0.25, 0.3) is 0 Å². The zero-order chi connectivity index (χ0) is 17.8. The van der Waals surface area contributed by atoms with Gasteiger partial charge in [-0.3, -0.25) is 0 Å². The minimum absolute atomic E-state index is 0.0788. The first-order chi connectivity index (χ1) is 12.0. The molecule has 0 bridgehead atoms. The molecule has 0 amide bonds. The van der Waals surface area contributed by atoms with Crippen molar-refractivity contribution in [2.75, 3.05) is 5.73 Å². The van der Waals surface area contributed by atoms with Crippen LogP contribution >= 0.6 is 0 Å². The zero-order valence-corrected chi connectivity index (χ0v) is 13.6. The van der Waals surface area contributed by atoms with Crippen molar-refractivity contribution < 1.29 is 19.4 Å². The molecule has 0 saturated carbocycles. The lowest BCUT2D eigenvalue weighted by Gasteiger charge is -2.11. The third-order valence-electron chi connectivity index (χ3n) is 3.50. The van der Waals surface area contributed by atoms with Gasteiger partial charge in [0.1, 0.15) is 23.0 Å². The molecule has 3 aromatic carbocycles. The average molecular weight is 335 g/mol. The van der Waals surface area contributed by atoms with E-state index in [9.17, 15) is 9.90 Å². The number of ether oxygens (including phenoxy) is 2. The number of nitrogens with two attached hydrogens (primary N) is 1. The molecule has 0 heterocycles. The summed E-state index contributed by atoms with van der Waals surface area (Å²) in [4.78, 5) is 11.4. The molecule has 25 heavy (non-hydrogen) atoms. The Bertz CT molecular complexity index is 821. The molecule has 0 fully saturated rings. The SMILES string of the molecule is Cc1ccc(Oc2cc(Oc3ccc(N)cc3)cc(C(=O)O)c2)cc1. The van der Waals surface area contributed by atoms with Gasteiger partial charge in [-0.25, -0.2) is 4.79 Å². The highest BCUT2D eigenvalue weighted by molar-refractivity contribution is 5.88. The van der Waals surface area contributed by atoms with Crippen LogP contribution in [-0.2, 0) is 0 Å². The lowest BCUT2D eigenvalue weighted by atomic mass is 10.2. The summed E-state index contributed by atoms with van der Waals surface area (Å²) in [7, 11) is 0. The molecule has 0 unspecified atom stereocenters. The fourth-order valence-corrected chi connectivity index (χ4v) is 2.23. The van der Waals surface area contributed by atoms with Gasteiger partial charge in [-0.05, 0) is 55.5 Å². The van der Waals surface area contributed by atoms with Gasteiger partial charge >= 0.3 is 5.97 Å². The molecule has 3 aromatic rings. The molecular formula is C20H17NO4. The highest BCUT2D eigenvalue weighted by Crippen LogP contribution is 2.30. The molecule has 5 nitrogen and oxygen atoms in total. The quantitative estimate of drug-likeness (QED) is 0.651. The summed E-state index contributed by atoms with van der Waals surface area (Å²) in [6.07, 6.45) is 0. The van der Waals surface area contributed by atoms with Crippen LogP contribution in [0.15, 0.2) is 66.7 Å². The van der Waals surface area contributed by atoms with Crippen molar-refractivity contribution in [2.24, 2.45) is 0 Å². The summed E-state index contributed by atoms with van der Waals surface area (Å²) in [5.41, 5.74) is 7.46. The Morgan fingerprint density at radius 2 is 1.28 bits per heavy atom. The largest absolute Gasteiger partial charge is 0.478 e. The van der Waals surface area contributed by atoms with Gasteiger partial charge < -0.3 is 20.3 Å². The number of hydrogen-bond donors (Lipinski definition) is 2. The Morgan fingerprint density at radius 3 is 1.76 bits per heavy atom. The van der Waals surface area contributed by atoms with Crippen LogP contribution in [0.4, 0.5) is 5.69 Å². The average Bonchev–Trinajstić information content (AvgIpc) is 2.59. The molecule has 126 valence electrons. The number of carbonyl (C=O) groups is 1. The van der Waals surface area contributed by atoms with Crippen molar-refractivity contribution >= 4 is 11.7 Å². The summed E-state index contributed by atoms with van der Waals surface area (Å²) in [5, 5.41) is 9.31. The fourth-order valence-electron chi connectivity index (χ4n) is 2.23. The number of benzene rings is 3. The first-order valence-corrected chi connectivity index (χ1v) is 7.66. The lowest BCUT2D eigenvalue weighted by Crippen LogP contribution is -1.98. The van der Waals surface area contributed by atoms with Crippen LogP contribution in [-0.4, -0.2) is 11.1 Å². The molecule has 0 saturated heterocycles. The van der Waals surface area contributed by atoms with E-state index >= 15 is 0 Å². The van der Waals surface area contributed by atoms with E-state index in [4.69, 9.17) is 15.2 Å². The number of rotatable bonds is 5. The van der Waals surface area contributed by atoms with Gasteiger partial charge in [0.2, 0.25) is 0 Å². The number of aryl methyl sites for hydroxylation is 1. The molecule has 3 rings (SSSR count). The van der Waals surface area contributed by atoms with Crippen molar-refractivity contribution in [3.63, 3.8) is 0 Å². The summed E-state index contributed by atoms with van der Waals surface area (Å²) in [6.45, 7) is 1.98. The number of carboxylic acids is 1. The second kappa shape index (κ2) is 6.97. The van der Waals surface area contributed by atoms with Crippen LogP contribution in [0.25, 0.3) is 0 Å². The van der Waals surface area contributed by atoms with Crippen molar-refractivity contribution in [3.05, 3.63) is 77.9 Å². The third-order valence-corrected chi connectivity index (χ3v) is 3.50. The molecule has 0 spiro atoms. The van der Waals surface area contributed by atoms with E-state index in [1.807, 2.05) is 31.2 Å². The lowest BCUT2D eigenvalue weighted by molar-refractivity contribution is 0.0696. The van der Waals surface area contributed by atoms with Gasteiger partial charge in [0, 0.05) is 11.8 Å². The molecule has 0 aliphatic heterocycles.